The first kappa shape index (κ1) is 12.6. The van der Waals surface area contributed by atoms with Crippen LogP contribution in [0.25, 0.3) is 0 Å². The van der Waals surface area contributed by atoms with E-state index in [1.165, 1.54) is 36.4 Å². The third-order valence-electron chi connectivity index (χ3n) is 2.42. The van der Waals surface area contributed by atoms with Crippen LogP contribution in [0, 0.1) is 4.91 Å². The second-order valence-electron chi connectivity index (χ2n) is 3.76. The van der Waals surface area contributed by atoms with Gasteiger partial charge in [0.25, 0.3) is 5.91 Å². The summed E-state index contributed by atoms with van der Waals surface area (Å²) >= 11 is 0. The molecular formula is C13H11N3O3. The molecule has 0 saturated carbocycles. The molecule has 6 heteroatoms. The number of rotatable bonds is 4. The number of hydrogen-bond donors (Lipinski definition) is 3. The predicted molar refractivity (Wildman–Crippen MR) is 71.1 cm³/mol. The number of amides is 1. The van der Waals surface area contributed by atoms with Crippen molar-refractivity contribution in [3.05, 3.63) is 59.0 Å². The number of benzene rings is 2. The first-order valence-corrected chi connectivity index (χ1v) is 5.48. The third-order valence-corrected chi connectivity index (χ3v) is 2.42. The molecule has 2 rings (SSSR count). The molecule has 0 aliphatic heterocycles. The van der Waals surface area contributed by atoms with Crippen molar-refractivity contribution in [3.8, 4) is 5.75 Å². The molecule has 19 heavy (non-hydrogen) atoms. The topological polar surface area (TPSA) is 90.8 Å². The van der Waals surface area contributed by atoms with Crippen molar-refractivity contribution in [2.45, 2.75) is 0 Å². The lowest BCUT2D eigenvalue weighted by Gasteiger charge is -2.08. The number of carbonyl (C=O) groups excluding carboxylic acids is 1. The number of nitrogens with zero attached hydrogens (tertiary/aromatic N) is 1. The number of hydrazine groups is 1. The normalized spacial score (nSPS) is 9.68. The molecule has 0 radical (unpaired) electrons. The predicted octanol–water partition coefficient (Wildman–Crippen LogP) is 2.55. The minimum atomic E-state index is -0.336. The SMILES string of the molecule is O=Nc1ccc(NNC(=O)c2ccc(O)cc2)cc1. The summed E-state index contributed by atoms with van der Waals surface area (Å²) in [6.07, 6.45) is 0. The van der Waals surface area contributed by atoms with Crippen LogP contribution in [-0.4, -0.2) is 11.0 Å². The fourth-order valence-electron chi connectivity index (χ4n) is 1.42. The van der Waals surface area contributed by atoms with Crippen molar-refractivity contribution in [2.75, 3.05) is 5.43 Å². The maximum absolute atomic E-state index is 11.7. The highest BCUT2D eigenvalue weighted by Gasteiger charge is 2.04. The summed E-state index contributed by atoms with van der Waals surface area (Å²) in [5.41, 5.74) is 6.55. The Labute approximate surface area is 109 Å². The van der Waals surface area contributed by atoms with Crippen LogP contribution in [0.1, 0.15) is 10.4 Å². The minimum absolute atomic E-state index is 0.0986. The molecule has 0 saturated heterocycles. The highest BCUT2D eigenvalue weighted by Crippen LogP contribution is 2.15. The average Bonchev–Trinajstić information content (AvgIpc) is 2.46. The molecular weight excluding hydrogens is 246 g/mol. The van der Waals surface area contributed by atoms with Crippen molar-refractivity contribution >= 4 is 17.3 Å². The Hall–Kier alpha value is -2.89. The molecule has 2 aromatic rings. The molecule has 1 amide bonds. The molecule has 3 N–H and O–H groups in total. The van der Waals surface area contributed by atoms with Crippen LogP contribution in [0.3, 0.4) is 0 Å². The fourth-order valence-corrected chi connectivity index (χ4v) is 1.42. The second kappa shape index (κ2) is 5.63. The Morgan fingerprint density at radius 2 is 1.63 bits per heavy atom. The van der Waals surface area contributed by atoms with Crippen LogP contribution in [0.4, 0.5) is 11.4 Å². The number of anilines is 1. The summed E-state index contributed by atoms with van der Waals surface area (Å²) in [4.78, 5) is 22.0. The van der Waals surface area contributed by atoms with Gasteiger partial charge in [0.15, 0.2) is 0 Å². The van der Waals surface area contributed by atoms with Gasteiger partial charge in [0.1, 0.15) is 11.4 Å². The Kier molecular flexibility index (Phi) is 3.72. The molecule has 0 aliphatic rings. The summed E-state index contributed by atoms with van der Waals surface area (Å²) in [6, 6.07) is 12.2. The van der Waals surface area contributed by atoms with Crippen LogP contribution in [-0.2, 0) is 0 Å². The largest absolute Gasteiger partial charge is 0.508 e. The molecule has 0 heterocycles. The zero-order chi connectivity index (χ0) is 13.7. The van der Waals surface area contributed by atoms with E-state index in [9.17, 15) is 9.70 Å². The van der Waals surface area contributed by atoms with E-state index in [2.05, 4.69) is 16.0 Å². The number of aromatic hydroxyl groups is 1. The van der Waals surface area contributed by atoms with Crippen LogP contribution >= 0.6 is 0 Å². The summed E-state index contributed by atoms with van der Waals surface area (Å²) < 4.78 is 0. The molecule has 6 nitrogen and oxygen atoms in total. The van der Waals surface area contributed by atoms with Gasteiger partial charge in [0.2, 0.25) is 0 Å². The van der Waals surface area contributed by atoms with E-state index in [1.807, 2.05) is 0 Å². The lowest BCUT2D eigenvalue weighted by molar-refractivity contribution is 0.0962. The first-order valence-electron chi connectivity index (χ1n) is 5.48. The van der Waals surface area contributed by atoms with Crippen molar-refractivity contribution < 1.29 is 9.90 Å². The molecule has 2 aromatic carbocycles. The van der Waals surface area contributed by atoms with Gasteiger partial charge in [0.05, 0.1) is 5.69 Å². The lowest BCUT2D eigenvalue weighted by Crippen LogP contribution is -2.29. The van der Waals surface area contributed by atoms with Crippen molar-refractivity contribution in [1.29, 1.82) is 0 Å². The van der Waals surface area contributed by atoms with Crippen molar-refractivity contribution in [1.82, 2.24) is 5.43 Å². The lowest BCUT2D eigenvalue weighted by atomic mass is 10.2. The molecule has 96 valence electrons. The number of phenolic OH excluding ortho intramolecular Hbond substituents is 1. The van der Waals surface area contributed by atoms with E-state index in [0.29, 0.717) is 16.9 Å². The van der Waals surface area contributed by atoms with E-state index in [4.69, 9.17) is 5.11 Å². The maximum atomic E-state index is 11.7. The van der Waals surface area contributed by atoms with Crippen LogP contribution < -0.4 is 10.9 Å². The second-order valence-corrected chi connectivity index (χ2v) is 3.76. The number of hydrogen-bond acceptors (Lipinski definition) is 5. The Bertz CT molecular complexity index is 579. The van der Waals surface area contributed by atoms with Gasteiger partial charge in [-0.1, -0.05) is 0 Å². The number of carbonyl (C=O) groups is 1. The fraction of sp³-hybridized carbons (Fsp3) is 0. The highest BCUT2D eigenvalue weighted by atomic mass is 16.3. The van der Waals surface area contributed by atoms with Gasteiger partial charge in [-0.25, -0.2) is 0 Å². The van der Waals surface area contributed by atoms with E-state index < -0.39 is 0 Å². The number of phenols is 1. The molecule has 0 aromatic heterocycles. The molecule has 0 bridgehead atoms. The van der Waals surface area contributed by atoms with E-state index in [0.717, 1.165) is 0 Å². The van der Waals surface area contributed by atoms with Gasteiger partial charge in [-0.05, 0) is 53.7 Å². The summed E-state index contributed by atoms with van der Waals surface area (Å²) in [7, 11) is 0. The average molecular weight is 257 g/mol. The minimum Gasteiger partial charge on any atom is -0.508 e. The summed E-state index contributed by atoms with van der Waals surface area (Å²) in [5, 5.41) is 11.9. The van der Waals surface area contributed by atoms with Gasteiger partial charge < -0.3 is 5.11 Å². The zero-order valence-electron chi connectivity index (χ0n) is 9.83. The van der Waals surface area contributed by atoms with Gasteiger partial charge >= 0.3 is 0 Å². The van der Waals surface area contributed by atoms with Crippen LogP contribution in [0.5, 0.6) is 5.75 Å². The standard InChI is InChI=1S/C13H11N3O3/c17-12-7-1-9(2-8-12)13(18)15-14-10-3-5-11(16-19)6-4-10/h1-8,14,17H,(H,15,18). The molecule has 0 aliphatic carbocycles. The highest BCUT2D eigenvalue weighted by molar-refractivity contribution is 5.94. The smallest absolute Gasteiger partial charge is 0.269 e. The van der Waals surface area contributed by atoms with Gasteiger partial charge in [-0.15, -0.1) is 4.91 Å². The van der Waals surface area contributed by atoms with Crippen LogP contribution in [0.15, 0.2) is 53.7 Å². The molecule has 0 unspecified atom stereocenters. The Balaban J connectivity index is 1.96. The summed E-state index contributed by atoms with van der Waals surface area (Å²) in [5.74, 6) is -0.237. The maximum Gasteiger partial charge on any atom is 0.269 e. The van der Waals surface area contributed by atoms with E-state index in [1.54, 1.807) is 12.1 Å². The number of nitrogens with one attached hydrogen (secondary N) is 2. The van der Waals surface area contributed by atoms with Gasteiger partial charge in [0, 0.05) is 5.56 Å². The van der Waals surface area contributed by atoms with Gasteiger partial charge in [-0.2, -0.15) is 0 Å². The molecule has 0 fully saturated rings. The molecule has 0 atom stereocenters. The van der Waals surface area contributed by atoms with Crippen LogP contribution in [0.2, 0.25) is 0 Å². The first-order chi connectivity index (χ1) is 9.19. The quantitative estimate of drug-likeness (QED) is 0.580. The number of nitroso groups, excluding NO2 is 1. The van der Waals surface area contributed by atoms with E-state index in [-0.39, 0.29) is 11.7 Å². The summed E-state index contributed by atoms with van der Waals surface area (Å²) in [6.45, 7) is 0. The monoisotopic (exact) mass is 257 g/mol. The third kappa shape index (κ3) is 3.29. The van der Waals surface area contributed by atoms with E-state index >= 15 is 0 Å². The molecule has 0 spiro atoms. The van der Waals surface area contributed by atoms with Crippen molar-refractivity contribution in [2.24, 2.45) is 5.18 Å². The van der Waals surface area contributed by atoms with Gasteiger partial charge in [-0.3, -0.25) is 15.6 Å². The zero-order valence-corrected chi connectivity index (χ0v) is 9.83. The Morgan fingerprint density at radius 3 is 2.21 bits per heavy atom. The Morgan fingerprint density at radius 1 is 1.00 bits per heavy atom. The van der Waals surface area contributed by atoms with Crippen molar-refractivity contribution in [3.63, 3.8) is 0 Å².